The fourth-order valence-electron chi connectivity index (χ4n) is 5.54. The second kappa shape index (κ2) is 11.7. The van der Waals surface area contributed by atoms with E-state index in [1.807, 2.05) is 0 Å². The van der Waals surface area contributed by atoms with Crippen molar-refractivity contribution in [2.45, 2.75) is 58.3 Å². The Kier molecular flexibility index (Phi) is 8.10. The molecule has 1 aliphatic heterocycles. The summed E-state index contributed by atoms with van der Waals surface area (Å²) in [5.74, 6) is 7.36. The Hall–Kier alpha value is -4.20. The van der Waals surface area contributed by atoms with Crippen molar-refractivity contribution < 1.29 is 19.4 Å². The molecule has 0 unspecified atom stereocenters. The van der Waals surface area contributed by atoms with E-state index < -0.39 is 11.7 Å². The normalized spacial score (nSPS) is 17.4. The molecule has 1 amide bonds. The fourth-order valence-corrected chi connectivity index (χ4v) is 5.54. The Balaban J connectivity index is 1.17. The summed E-state index contributed by atoms with van der Waals surface area (Å²) in [4.78, 5) is 27.4. The number of amides is 1. The number of aliphatic hydroxyl groups excluding tert-OH is 1. The number of pyridine rings is 1. The Morgan fingerprint density at radius 3 is 2.73 bits per heavy atom. The Morgan fingerprint density at radius 1 is 1.22 bits per heavy atom. The first-order valence-corrected chi connectivity index (χ1v) is 13.8. The maximum absolute atomic E-state index is 12.0. The third-order valence-electron chi connectivity index (χ3n) is 7.51. The second-order valence-electron chi connectivity index (χ2n) is 11.5. The topological polar surface area (TPSA) is 136 Å². The lowest BCUT2D eigenvalue weighted by molar-refractivity contribution is 0.0635. The number of nitrogens with one attached hydrogen (secondary N) is 1. The van der Waals surface area contributed by atoms with Crippen LogP contribution in [-0.4, -0.2) is 51.4 Å². The van der Waals surface area contributed by atoms with Crippen LogP contribution in [0.2, 0.25) is 0 Å². The van der Waals surface area contributed by atoms with Crippen LogP contribution in [0.15, 0.2) is 48.8 Å². The molecule has 0 saturated carbocycles. The van der Waals surface area contributed by atoms with Crippen molar-refractivity contribution in [3.8, 4) is 17.6 Å². The number of carbonyl (C=O) groups excluding carboxylic acids is 1. The molecule has 1 fully saturated rings. The van der Waals surface area contributed by atoms with Gasteiger partial charge in [-0.1, -0.05) is 30.2 Å². The van der Waals surface area contributed by atoms with E-state index in [4.69, 9.17) is 15.2 Å². The van der Waals surface area contributed by atoms with Gasteiger partial charge in [0.15, 0.2) is 5.82 Å². The molecule has 1 atom stereocenters. The quantitative estimate of drug-likeness (QED) is 0.399. The van der Waals surface area contributed by atoms with E-state index in [-0.39, 0.29) is 24.7 Å². The molecule has 214 valence electrons. The Bertz CT molecular complexity index is 1470. The van der Waals surface area contributed by atoms with Crippen LogP contribution in [0.3, 0.4) is 0 Å². The summed E-state index contributed by atoms with van der Waals surface area (Å²) in [6, 6.07) is 11.8. The smallest absolute Gasteiger partial charge is 0.413 e. The molecule has 1 aliphatic carbocycles. The van der Waals surface area contributed by atoms with Crippen LogP contribution in [0.5, 0.6) is 5.75 Å². The van der Waals surface area contributed by atoms with E-state index in [9.17, 15) is 9.90 Å². The molecule has 0 bridgehead atoms. The SMILES string of the molecule is CC(C)(C)OC(=O)Nc1cc(OCC#Cc2cnc(N3CCC4(CC3)Cc3ccccc3[C@H]4N)c(CO)n2)ccn1. The van der Waals surface area contributed by atoms with Crippen molar-refractivity contribution in [3.05, 3.63) is 71.3 Å². The van der Waals surface area contributed by atoms with Gasteiger partial charge < -0.3 is 25.2 Å². The standard InChI is InChI=1S/C31H36N6O4/c1-30(2,3)41-29(39)36-26-17-23(10-13-33-26)40-16-6-8-22-19-34-28(25(20-38)35-22)37-14-11-31(12-15-37)18-21-7-4-5-9-24(21)27(31)32/h4-5,7,9-10,13,17,19,27,38H,11-12,14-16,18,20,32H2,1-3H3,(H,33,36,39)/t27-/m1/s1. The summed E-state index contributed by atoms with van der Waals surface area (Å²) in [6.07, 6.45) is 5.47. The van der Waals surface area contributed by atoms with Crippen LogP contribution >= 0.6 is 0 Å². The minimum absolute atomic E-state index is 0.0455. The van der Waals surface area contributed by atoms with Crippen LogP contribution in [0.1, 0.15) is 62.2 Å². The van der Waals surface area contributed by atoms with Crippen molar-refractivity contribution in [2.75, 3.05) is 29.9 Å². The summed E-state index contributed by atoms with van der Waals surface area (Å²) in [7, 11) is 0. The molecule has 10 nitrogen and oxygen atoms in total. The Morgan fingerprint density at radius 2 is 2.00 bits per heavy atom. The predicted molar refractivity (Wildman–Crippen MR) is 155 cm³/mol. The van der Waals surface area contributed by atoms with Crippen molar-refractivity contribution in [2.24, 2.45) is 11.1 Å². The van der Waals surface area contributed by atoms with Gasteiger partial charge in [-0.25, -0.2) is 19.7 Å². The molecule has 0 radical (unpaired) electrons. The van der Waals surface area contributed by atoms with E-state index >= 15 is 0 Å². The van der Waals surface area contributed by atoms with Gasteiger partial charge in [0.05, 0.1) is 12.8 Å². The van der Waals surface area contributed by atoms with Crippen molar-refractivity contribution in [1.29, 1.82) is 0 Å². The van der Waals surface area contributed by atoms with Crippen molar-refractivity contribution in [1.82, 2.24) is 15.0 Å². The average Bonchev–Trinajstić information content (AvgIpc) is 3.21. The lowest BCUT2D eigenvalue weighted by atomic mass is 9.73. The molecule has 1 spiro atoms. The fraction of sp³-hybridized carbons (Fsp3) is 0.419. The van der Waals surface area contributed by atoms with Gasteiger partial charge in [0.2, 0.25) is 0 Å². The molecule has 2 aromatic heterocycles. The molecule has 5 rings (SSSR count). The van der Waals surface area contributed by atoms with Crippen molar-refractivity contribution in [3.63, 3.8) is 0 Å². The number of benzene rings is 1. The lowest BCUT2D eigenvalue weighted by Crippen LogP contribution is -2.45. The molecule has 4 N–H and O–H groups in total. The second-order valence-corrected chi connectivity index (χ2v) is 11.5. The summed E-state index contributed by atoms with van der Waals surface area (Å²) < 4.78 is 10.9. The highest BCUT2D eigenvalue weighted by molar-refractivity contribution is 5.83. The third kappa shape index (κ3) is 6.59. The molecular formula is C31H36N6O4. The maximum Gasteiger partial charge on any atom is 0.413 e. The van der Waals surface area contributed by atoms with Gasteiger partial charge in [-0.3, -0.25) is 5.32 Å². The third-order valence-corrected chi connectivity index (χ3v) is 7.51. The summed E-state index contributed by atoms with van der Waals surface area (Å²) in [5, 5.41) is 12.6. The molecular weight excluding hydrogens is 520 g/mol. The number of piperidine rings is 1. The van der Waals surface area contributed by atoms with Crippen LogP contribution in [0.4, 0.5) is 16.4 Å². The number of carbonyl (C=O) groups is 1. The van der Waals surface area contributed by atoms with Gasteiger partial charge in [-0.05, 0) is 68.6 Å². The minimum Gasteiger partial charge on any atom is -0.481 e. The van der Waals surface area contributed by atoms with E-state index in [2.05, 4.69) is 61.3 Å². The van der Waals surface area contributed by atoms with Gasteiger partial charge in [0, 0.05) is 31.4 Å². The van der Waals surface area contributed by atoms with Crippen molar-refractivity contribution >= 4 is 17.7 Å². The summed E-state index contributed by atoms with van der Waals surface area (Å²) in [5.41, 5.74) is 9.75. The van der Waals surface area contributed by atoms with E-state index in [0.29, 0.717) is 28.8 Å². The minimum atomic E-state index is -0.613. The number of anilines is 2. The van der Waals surface area contributed by atoms with E-state index in [1.54, 1.807) is 39.1 Å². The van der Waals surface area contributed by atoms with Gasteiger partial charge in [-0.15, -0.1) is 0 Å². The number of hydrogen-bond donors (Lipinski definition) is 3. The highest BCUT2D eigenvalue weighted by Crippen LogP contribution is 2.51. The average molecular weight is 557 g/mol. The number of nitrogens with two attached hydrogens (primary N) is 1. The van der Waals surface area contributed by atoms with Crippen LogP contribution in [0.25, 0.3) is 0 Å². The first-order valence-electron chi connectivity index (χ1n) is 13.8. The number of ether oxygens (including phenoxy) is 2. The van der Waals surface area contributed by atoms with Gasteiger partial charge in [0.1, 0.15) is 35.2 Å². The van der Waals surface area contributed by atoms with Gasteiger partial charge in [-0.2, -0.15) is 0 Å². The van der Waals surface area contributed by atoms with E-state index in [1.165, 1.54) is 17.3 Å². The number of fused-ring (bicyclic) bond motifs is 1. The number of aliphatic hydroxyl groups is 1. The predicted octanol–water partition coefficient (Wildman–Crippen LogP) is 3.98. The van der Waals surface area contributed by atoms with Gasteiger partial charge in [0.25, 0.3) is 0 Å². The summed E-state index contributed by atoms with van der Waals surface area (Å²) >= 11 is 0. The van der Waals surface area contributed by atoms with Crippen LogP contribution < -0.4 is 20.7 Å². The van der Waals surface area contributed by atoms with Crippen LogP contribution in [-0.2, 0) is 17.8 Å². The maximum atomic E-state index is 12.0. The Labute approximate surface area is 240 Å². The largest absolute Gasteiger partial charge is 0.481 e. The lowest BCUT2D eigenvalue weighted by Gasteiger charge is -2.42. The molecule has 10 heteroatoms. The zero-order valence-corrected chi connectivity index (χ0v) is 23.7. The highest BCUT2D eigenvalue weighted by atomic mass is 16.6. The molecule has 1 saturated heterocycles. The highest BCUT2D eigenvalue weighted by Gasteiger charge is 2.46. The number of aromatic nitrogens is 3. The zero-order valence-electron chi connectivity index (χ0n) is 23.7. The molecule has 41 heavy (non-hydrogen) atoms. The monoisotopic (exact) mass is 556 g/mol. The number of hydrogen-bond acceptors (Lipinski definition) is 9. The molecule has 2 aliphatic rings. The molecule has 3 aromatic rings. The van der Waals surface area contributed by atoms with E-state index in [0.717, 1.165) is 32.4 Å². The number of rotatable bonds is 5. The van der Waals surface area contributed by atoms with Crippen LogP contribution in [0, 0.1) is 17.3 Å². The number of nitrogens with zero attached hydrogens (tertiary/aromatic N) is 4. The molecule has 1 aromatic carbocycles. The molecule has 3 heterocycles. The first-order chi connectivity index (χ1) is 19.7. The van der Waals surface area contributed by atoms with Gasteiger partial charge >= 0.3 is 6.09 Å². The summed E-state index contributed by atoms with van der Waals surface area (Å²) in [6.45, 7) is 6.82. The first kappa shape index (κ1) is 28.3. The zero-order chi connectivity index (χ0) is 29.0.